The van der Waals surface area contributed by atoms with E-state index in [1.807, 2.05) is 18.2 Å². The zero-order chi connectivity index (χ0) is 12.3. The van der Waals surface area contributed by atoms with Crippen LogP contribution >= 0.6 is 11.6 Å². The summed E-state index contributed by atoms with van der Waals surface area (Å²) < 4.78 is 0. The maximum absolute atomic E-state index is 5.92. The lowest BCUT2D eigenvalue weighted by Gasteiger charge is -2.09. The maximum atomic E-state index is 5.92. The van der Waals surface area contributed by atoms with E-state index in [0.717, 1.165) is 41.5 Å². The van der Waals surface area contributed by atoms with Crippen LogP contribution in [0, 0.1) is 0 Å². The molecule has 0 atom stereocenters. The lowest BCUT2D eigenvalue weighted by molar-refractivity contribution is 0.399. The van der Waals surface area contributed by atoms with Crippen molar-refractivity contribution in [3.63, 3.8) is 0 Å². The topological polar surface area (TPSA) is 44.0 Å². The molecule has 4 nitrogen and oxygen atoms in total. The van der Waals surface area contributed by atoms with Crippen LogP contribution in [0.15, 0.2) is 18.2 Å². The molecular formula is C12H17ClN4. The molecule has 1 aromatic heterocycles. The molecule has 0 amide bonds. The Morgan fingerprint density at radius 3 is 3.00 bits per heavy atom. The predicted octanol–water partition coefficient (Wildman–Crippen LogP) is 1.87. The van der Waals surface area contributed by atoms with E-state index >= 15 is 0 Å². The van der Waals surface area contributed by atoms with Crippen LogP contribution in [0.2, 0.25) is 5.02 Å². The number of hydrogen-bond acceptors (Lipinski definition) is 3. The number of halogens is 1. The quantitative estimate of drug-likeness (QED) is 0.799. The number of nitrogens with one attached hydrogen (secondary N) is 2. The van der Waals surface area contributed by atoms with Crippen molar-refractivity contribution >= 4 is 22.6 Å². The fourth-order valence-corrected chi connectivity index (χ4v) is 1.80. The second kappa shape index (κ2) is 5.49. The largest absolute Gasteiger partial charge is 0.341 e. The molecule has 2 aromatic rings. The number of hydrogen-bond donors (Lipinski definition) is 2. The molecule has 2 N–H and O–H groups in total. The Hall–Kier alpha value is -1.10. The second-order valence-corrected chi connectivity index (χ2v) is 4.76. The zero-order valence-electron chi connectivity index (χ0n) is 10.1. The van der Waals surface area contributed by atoms with Gasteiger partial charge in [-0.3, -0.25) is 0 Å². The molecule has 0 aliphatic heterocycles. The van der Waals surface area contributed by atoms with Crippen LogP contribution in [0.25, 0.3) is 11.0 Å². The highest BCUT2D eigenvalue weighted by atomic mass is 35.5. The molecule has 0 aliphatic rings. The number of benzene rings is 1. The normalized spacial score (nSPS) is 11.5. The highest BCUT2D eigenvalue weighted by Gasteiger charge is 2.02. The van der Waals surface area contributed by atoms with Gasteiger partial charge in [-0.1, -0.05) is 11.6 Å². The van der Waals surface area contributed by atoms with E-state index in [2.05, 4.69) is 34.3 Å². The first-order valence-corrected chi connectivity index (χ1v) is 6.02. The molecule has 1 aromatic carbocycles. The summed E-state index contributed by atoms with van der Waals surface area (Å²) in [6.07, 6.45) is 0. The van der Waals surface area contributed by atoms with E-state index in [1.165, 1.54) is 0 Å². The molecule has 0 saturated heterocycles. The van der Waals surface area contributed by atoms with Crippen molar-refractivity contribution in [2.24, 2.45) is 0 Å². The second-order valence-electron chi connectivity index (χ2n) is 4.33. The molecule has 92 valence electrons. The number of likely N-dealkylation sites (N-methyl/N-ethyl adjacent to an activating group) is 1. The molecule has 0 unspecified atom stereocenters. The molecule has 0 bridgehead atoms. The minimum Gasteiger partial charge on any atom is -0.341 e. The zero-order valence-corrected chi connectivity index (χ0v) is 10.9. The Kier molecular flexibility index (Phi) is 3.99. The van der Waals surface area contributed by atoms with Crippen LogP contribution in [0.1, 0.15) is 5.82 Å². The van der Waals surface area contributed by atoms with Crippen LogP contribution in [-0.2, 0) is 6.54 Å². The van der Waals surface area contributed by atoms with E-state index in [-0.39, 0.29) is 0 Å². The van der Waals surface area contributed by atoms with Gasteiger partial charge in [-0.2, -0.15) is 0 Å². The van der Waals surface area contributed by atoms with Gasteiger partial charge in [0.05, 0.1) is 17.6 Å². The maximum Gasteiger partial charge on any atom is 0.121 e. The average Bonchev–Trinajstić information content (AvgIpc) is 2.66. The molecule has 0 aliphatic carbocycles. The Balaban J connectivity index is 1.95. The van der Waals surface area contributed by atoms with Crippen molar-refractivity contribution < 1.29 is 0 Å². The summed E-state index contributed by atoms with van der Waals surface area (Å²) in [5, 5.41) is 4.07. The number of imidazole rings is 1. The van der Waals surface area contributed by atoms with Gasteiger partial charge < -0.3 is 15.2 Å². The number of aromatic amines is 1. The summed E-state index contributed by atoms with van der Waals surface area (Å²) >= 11 is 5.92. The number of H-pyrrole nitrogens is 1. The van der Waals surface area contributed by atoms with Gasteiger partial charge >= 0.3 is 0 Å². The summed E-state index contributed by atoms with van der Waals surface area (Å²) in [7, 11) is 4.12. The molecule has 1 heterocycles. The molecular weight excluding hydrogens is 236 g/mol. The Morgan fingerprint density at radius 2 is 2.24 bits per heavy atom. The minimum absolute atomic E-state index is 0.730. The number of aromatic nitrogens is 2. The van der Waals surface area contributed by atoms with Gasteiger partial charge in [0.1, 0.15) is 5.82 Å². The monoisotopic (exact) mass is 252 g/mol. The highest BCUT2D eigenvalue weighted by Crippen LogP contribution is 2.16. The van der Waals surface area contributed by atoms with Gasteiger partial charge in [-0.15, -0.1) is 0 Å². The molecule has 0 radical (unpaired) electrons. The van der Waals surface area contributed by atoms with E-state index in [0.29, 0.717) is 0 Å². The summed E-state index contributed by atoms with van der Waals surface area (Å²) in [5.41, 5.74) is 1.95. The van der Waals surface area contributed by atoms with Crippen molar-refractivity contribution in [2.45, 2.75) is 6.54 Å². The lowest BCUT2D eigenvalue weighted by Crippen LogP contribution is -2.26. The minimum atomic E-state index is 0.730. The number of fused-ring (bicyclic) bond motifs is 1. The first-order valence-electron chi connectivity index (χ1n) is 5.65. The molecule has 17 heavy (non-hydrogen) atoms. The lowest BCUT2D eigenvalue weighted by atomic mass is 10.3. The summed E-state index contributed by atoms with van der Waals surface area (Å²) in [6, 6.07) is 5.68. The average molecular weight is 253 g/mol. The fourth-order valence-electron chi connectivity index (χ4n) is 1.63. The molecule has 0 spiro atoms. The van der Waals surface area contributed by atoms with Gasteiger partial charge in [0.2, 0.25) is 0 Å². The van der Waals surface area contributed by atoms with E-state index in [4.69, 9.17) is 11.6 Å². The molecule has 5 heteroatoms. The number of rotatable bonds is 5. The summed E-state index contributed by atoms with van der Waals surface area (Å²) in [5.74, 6) is 0.945. The van der Waals surface area contributed by atoms with Crippen molar-refractivity contribution in [2.75, 3.05) is 27.2 Å². The third-order valence-electron chi connectivity index (χ3n) is 2.52. The third-order valence-corrected chi connectivity index (χ3v) is 2.76. The standard InChI is InChI=1S/C12H17ClN4/c1-17(2)6-5-14-8-12-15-10-4-3-9(13)7-11(10)16-12/h3-4,7,14H,5-6,8H2,1-2H3,(H,15,16). The van der Waals surface area contributed by atoms with Gasteiger partial charge in [-0.25, -0.2) is 4.98 Å². The van der Waals surface area contributed by atoms with Crippen LogP contribution in [-0.4, -0.2) is 42.1 Å². The SMILES string of the molecule is CN(C)CCNCc1nc2ccc(Cl)cc2[nH]1. The first-order chi connectivity index (χ1) is 8.15. The summed E-state index contributed by atoms with van der Waals surface area (Å²) in [4.78, 5) is 9.88. The van der Waals surface area contributed by atoms with Crippen LogP contribution in [0.4, 0.5) is 0 Å². The fraction of sp³-hybridized carbons (Fsp3) is 0.417. The van der Waals surface area contributed by atoms with E-state index in [9.17, 15) is 0 Å². The van der Waals surface area contributed by atoms with Gasteiger partial charge in [0.25, 0.3) is 0 Å². The van der Waals surface area contributed by atoms with Crippen LogP contribution < -0.4 is 5.32 Å². The molecule has 2 rings (SSSR count). The molecule has 0 saturated carbocycles. The van der Waals surface area contributed by atoms with Crippen LogP contribution in [0.5, 0.6) is 0 Å². The van der Waals surface area contributed by atoms with Gasteiger partial charge in [-0.05, 0) is 32.3 Å². The predicted molar refractivity (Wildman–Crippen MR) is 71.4 cm³/mol. The summed E-state index contributed by atoms with van der Waals surface area (Å²) in [6.45, 7) is 2.72. The Bertz CT molecular complexity index is 492. The van der Waals surface area contributed by atoms with Gasteiger partial charge in [0, 0.05) is 18.1 Å². The molecule has 0 fully saturated rings. The smallest absolute Gasteiger partial charge is 0.121 e. The van der Waals surface area contributed by atoms with Crippen molar-refractivity contribution in [1.29, 1.82) is 0 Å². The number of nitrogens with zero attached hydrogens (tertiary/aromatic N) is 2. The highest BCUT2D eigenvalue weighted by molar-refractivity contribution is 6.31. The van der Waals surface area contributed by atoms with Crippen molar-refractivity contribution in [1.82, 2.24) is 20.2 Å². The third kappa shape index (κ3) is 3.43. The van der Waals surface area contributed by atoms with E-state index in [1.54, 1.807) is 0 Å². The van der Waals surface area contributed by atoms with Crippen LogP contribution in [0.3, 0.4) is 0 Å². The van der Waals surface area contributed by atoms with E-state index < -0.39 is 0 Å². The van der Waals surface area contributed by atoms with Crippen molar-refractivity contribution in [3.8, 4) is 0 Å². The van der Waals surface area contributed by atoms with Crippen molar-refractivity contribution in [3.05, 3.63) is 29.0 Å². The van der Waals surface area contributed by atoms with Gasteiger partial charge in [0.15, 0.2) is 0 Å². The Morgan fingerprint density at radius 1 is 1.41 bits per heavy atom. The Labute approximate surface area is 106 Å². The first kappa shape index (κ1) is 12.4.